The van der Waals surface area contributed by atoms with Crippen molar-refractivity contribution in [2.24, 2.45) is 0 Å². The van der Waals surface area contributed by atoms with Gasteiger partial charge in [0.05, 0.1) is 23.6 Å². The maximum atomic E-state index is 13.3. The highest BCUT2D eigenvalue weighted by Crippen LogP contribution is 2.27. The van der Waals surface area contributed by atoms with Crippen molar-refractivity contribution in [2.45, 2.75) is 11.9 Å². The molecule has 4 rings (SSSR count). The van der Waals surface area contributed by atoms with Gasteiger partial charge in [-0.3, -0.25) is 4.79 Å². The second kappa shape index (κ2) is 9.13. The van der Waals surface area contributed by atoms with Crippen LogP contribution in [-0.4, -0.2) is 32.9 Å². The quantitative estimate of drug-likeness (QED) is 0.418. The molecule has 0 bridgehead atoms. The molecule has 2 aromatic heterocycles. The number of nitrogens with one attached hydrogen (secondary N) is 1. The minimum atomic E-state index is -1.02. The molecule has 0 atom stereocenters. The number of benzene rings is 2. The summed E-state index contributed by atoms with van der Waals surface area (Å²) in [5, 5.41) is 7.76. The van der Waals surface area contributed by atoms with Crippen LogP contribution in [0.2, 0.25) is 0 Å². The van der Waals surface area contributed by atoms with Crippen molar-refractivity contribution < 1.29 is 18.3 Å². The molecular weight excluding hydrogens is 422 g/mol. The second-order valence-corrected chi connectivity index (χ2v) is 7.48. The summed E-state index contributed by atoms with van der Waals surface area (Å²) in [6.07, 6.45) is 3.34. The third kappa shape index (κ3) is 4.83. The highest BCUT2D eigenvalue weighted by Gasteiger charge is 2.12. The Balaban J connectivity index is 1.47. The first-order valence-corrected chi connectivity index (χ1v) is 10.5. The number of ether oxygens (including phenoxy) is 1. The Labute approximate surface area is 181 Å². The van der Waals surface area contributed by atoms with Gasteiger partial charge in [0.15, 0.2) is 11.6 Å². The van der Waals surface area contributed by atoms with Gasteiger partial charge < -0.3 is 10.1 Å². The molecule has 31 heavy (non-hydrogen) atoms. The minimum Gasteiger partial charge on any atom is -0.494 e. The molecule has 0 unspecified atom stereocenters. The largest absolute Gasteiger partial charge is 0.494 e. The molecule has 4 aromatic rings. The first-order chi connectivity index (χ1) is 15.0. The summed E-state index contributed by atoms with van der Waals surface area (Å²) in [5.41, 5.74) is 2.65. The summed E-state index contributed by atoms with van der Waals surface area (Å²) in [6.45, 7) is 2.53. The van der Waals surface area contributed by atoms with Gasteiger partial charge in [-0.2, -0.15) is 5.10 Å². The van der Waals surface area contributed by atoms with Crippen molar-refractivity contribution in [3.63, 3.8) is 0 Å². The minimum absolute atomic E-state index is 0.0508. The SMILES string of the molecule is CCOc1ccc(-c2cc3c(SCC(=O)Nc4ccc(F)c(F)c4)nccn3n2)cc1. The van der Waals surface area contributed by atoms with E-state index in [0.29, 0.717) is 11.6 Å². The molecule has 0 spiro atoms. The molecule has 6 nitrogen and oxygen atoms in total. The molecule has 0 saturated heterocycles. The molecular formula is C22H18F2N4O2S. The zero-order valence-corrected chi connectivity index (χ0v) is 17.3. The highest BCUT2D eigenvalue weighted by atomic mass is 32.2. The van der Waals surface area contributed by atoms with E-state index >= 15 is 0 Å². The first kappa shape index (κ1) is 20.8. The van der Waals surface area contributed by atoms with E-state index in [4.69, 9.17) is 4.74 Å². The molecule has 2 aromatic carbocycles. The molecule has 0 aliphatic rings. The van der Waals surface area contributed by atoms with Gasteiger partial charge in [0.1, 0.15) is 10.8 Å². The Morgan fingerprint density at radius 2 is 1.94 bits per heavy atom. The Hall–Kier alpha value is -3.46. The van der Waals surface area contributed by atoms with Crippen molar-refractivity contribution in [3.8, 4) is 17.0 Å². The van der Waals surface area contributed by atoms with Crippen LogP contribution in [-0.2, 0) is 4.79 Å². The van der Waals surface area contributed by atoms with Crippen LogP contribution in [0.3, 0.4) is 0 Å². The van der Waals surface area contributed by atoms with Crippen LogP contribution in [0, 0.1) is 11.6 Å². The molecule has 0 aliphatic carbocycles. The number of amides is 1. The normalized spacial score (nSPS) is 10.9. The predicted molar refractivity (Wildman–Crippen MR) is 115 cm³/mol. The number of hydrogen-bond donors (Lipinski definition) is 1. The van der Waals surface area contributed by atoms with Gasteiger partial charge in [0.2, 0.25) is 5.91 Å². The number of carbonyl (C=O) groups excluding carboxylic acids is 1. The fourth-order valence-electron chi connectivity index (χ4n) is 2.94. The number of rotatable bonds is 7. The molecule has 2 heterocycles. The Morgan fingerprint density at radius 1 is 1.13 bits per heavy atom. The lowest BCUT2D eigenvalue weighted by Gasteiger charge is -2.06. The van der Waals surface area contributed by atoms with E-state index in [1.165, 1.54) is 17.8 Å². The Morgan fingerprint density at radius 3 is 2.68 bits per heavy atom. The van der Waals surface area contributed by atoms with Gasteiger partial charge in [0, 0.05) is 29.7 Å². The third-order valence-corrected chi connectivity index (χ3v) is 5.35. The molecule has 0 fully saturated rings. The Kier molecular flexibility index (Phi) is 6.13. The van der Waals surface area contributed by atoms with Crippen molar-refractivity contribution in [3.05, 3.63) is 72.6 Å². The molecule has 1 amide bonds. The lowest BCUT2D eigenvalue weighted by Crippen LogP contribution is -2.14. The average Bonchev–Trinajstić information content (AvgIpc) is 3.20. The molecule has 9 heteroatoms. The highest BCUT2D eigenvalue weighted by molar-refractivity contribution is 8.00. The van der Waals surface area contributed by atoms with Gasteiger partial charge in [-0.05, 0) is 49.4 Å². The van der Waals surface area contributed by atoms with Crippen LogP contribution >= 0.6 is 11.8 Å². The Bertz CT molecular complexity index is 1230. The summed E-state index contributed by atoms with van der Waals surface area (Å²) in [7, 11) is 0. The van der Waals surface area contributed by atoms with Gasteiger partial charge >= 0.3 is 0 Å². The number of anilines is 1. The van der Waals surface area contributed by atoms with Crippen molar-refractivity contribution in [2.75, 3.05) is 17.7 Å². The number of fused-ring (bicyclic) bond motifs is 1. The summed E-state index contributed by atoms with van der Waals surface area (Å²) >= 11 is 1.23. The molecule has 158 valence electrons. The second-order valence-electron chi connectivity index (χ2n) is 6.51. The predicted octanol–water partition coefficient (Wildman–Crippen LogP) is 4.80. The number of nitrogens with zero attached hydrogens (tertiary/aromatic N) is 3. The summed E-state index contributed by atoms with van der Waals surface area (Å²) in [4.78, 5) is 16.6. The van der Waals surface area contributed by atoms with E-state index in [1.807, 2.05) is 37.3 Å². The van der Waals surface area contributed by atoms with Gasteiger partial charge in [-0.1, -0.05) is 11.8 Å². The summed E-state index contributed by atoms with van der Waals surface area (Å²) < 4.78 is 33.5. The average molecular weight is 440 g/mol. The number of halogens is 2. The lowest BCUT2D eigenvalue weighted by atomic mass is 10.1. The fraction of sp³-hybridized carbons (Fsp3) is 0.136. The monoisotopic (exact) mass is 440 g/mol. The third-order valence-electron chi connectivity index (χ3n) is 4.36. The van der Waals surface area contributed by atoms with E-state index in [9.17, 15) is 13.6 Å². The zero-order valence-electron chi connectivity index (χ0n) is 16.5. The van der Waals surface area contributed by atoms with Gasteiger partial charge in [-0.25, -0.2) is 18.3 Å². The fourth-order valence-corrected chi connectivity index (χ4v) is 3.72. The van der Waals surface area contributed by atoms with Crippen LogP contribution in [0.15, 0.2) is 66.0 Å². The number of hydrogen-bond acceptors (Lipinski definition) is 5. The van der Waals surface area contributed by atoms with Crippen LogP contribution in [0.4, 0.5) is 14.5 Å². The van der Waals surface area contributed by atoms with Gasteiger partial charge in [0.25, 0.3) is 0 Å². The van der Waals surface area contributed by atoms with Crippen molar-refractivity contribution in [1.82, 2.24) is 14.6 Å². The number of aromatic nitrogens is 3. The van der Waals surface area contributed by atoms with Crippen molar-refractivity contribution >= 4 is 28.9 Å². The van der Waals surface area contributed by atoms with Crippen LogP contribution in [0.25, 0.3) is 16.8 Å². The van der Waals surface area contributed by atoms with E-state index in [0.717, 1.165) is 34.7 Å². The molecule has 1 N–H and O–H groups in total. The smallest absolute Gasteiger partial charge is 0.234 e. The lowest BCUT2D eigenvalue weighted by molar-refractivity contribution is -0.113. The maximum absolute atomic E-state index is 13.3. The number of carbonyl (C=O) groups is 1. The first-order valence-electron chi connectivity index (χ1n) is 9.49. The molecule has 0 saturated carbocycles. The maximum Gasteiger partial charge on any atom is 0.234 e. The van der Waals surface area contributed by atoms with Crippen LogP contribution < -0.4 is 10.1 Å². The van der Waals surface area contributed by atoms with E-state index in [-0.39, 0.29) is 17.3 Å². The molecule has 0 aliphatic heterocycles. The standard InChI is InChI=1S/C22H18F2N4O2S/c1-2-30-16-6-3-14(4-7-16)19-12-20-22(25-9-10-28(20)27-19)31-13-21(29)26-15-5-8-17(23)18(24)11-15/h3-12H,2,13H2,1H3,(H,26,29). The van der Waals surface area contributed by atoms with Crippen molar-refractivity contribution in [1.29, 1.82) is 0 Å². The van der Waals surface area contributed by atoms with Gasteiger partial charge in [-0.15, -0.1) is 0 Å². The van der Waals surface area contributed by atoms with Crippen LogP contribution in [0.1, 0.15) is 6.92 Å². The summed E-state index contributed by atoms with van der Waals surface area (Å²) in [5.74, 6) is -1.49. The van der Waals surface area contributed by atoms with E-state index in [1.54, 1.807) is 16.9 Å². The van der Waals surface area contributed by atoms with E-state index < -0.39 is 11.6 Å². The summed E-state index contributed by atoms with van der Waals surface area (Å²) in [6, 6.07) is 12.8. The van der Waals surface area contributed by atoms with Crippen LogP contribution in [0.5, 0.6) is 5.75 Å². The topological polar surface area (TPSA) is 68.5 Å². The van der Waals surface area contributed by atoms with E-state index in [2.05, 4.69) is 15.4 Å². The zero-order chi connectivity index (χ0) is 21.8. The molecule has 0 radical (unpaired) electrons. The number of thioether (sulfide) groups is 1.